The van der Waals surface area contributed by atoms with E-state index in [1.807, 2.05) is 11.1 Å². The highest BCUT2D eigenvalue weighted by Gasteiger charge is 2.27. The third kappa shape index (κ3) is 3.46. The Morgan fingerprint density at radius 3 is 2.95 bits per heavy atom. The molecule has 3 heterocycles. The van der Waals surface area contributed by atoms with Gasteiger partial charge in [0.2, 0.25) is 5.91 Å². The lowest BCUT2D eigenvalue weighted by Crippen LogP contribution is -2.38. The minimum Gasteiger partial charge on any atom is -0.338 e. The minimum atomic E-state index is 0.0349. The highest BCUT2D eigenvalue weighted by atomic mass is 16.2. The average Bonchev–Trinajstić information content (AvgIpc) is 2.98. The van der Waals surface area contributed by atoms with Crippen LogP contribution in [0.1, 0.15) is 56.6 Å². The van der Waals surface area contributed by atoms with Gasteiger partial charge in [0.05, 0.1) is 5.69 Å². The number of rotatable bonds is 2. The number of nitrogens with zero attached hydrogens (tertiary/aromatic N) is 3. The van der Waals surface area contributed by atoms with Gasteiger partial charge in [-0.2, -0.15) is 0 Å². The van der Waals surface area contributed by atoms with Crippen LogP contribution in [0, 0.1) is 5.41 Å². The van der Waals surface area contributed by atoms with Gasteiger partial charge in [-0.15, -0.1) is 0 Å². The van der Waals surface area contributed by atoms with Gasteiger partial charge in [-0.05, 0) is 18.4 Å². The van der Waals surface area contributed by atoms with Crippen LogP contribution in [0.15, 0.2) is 6.20 Å². The van der Waals surface area contributed by atoms with Crippen LogP contribution in [0.5, 0.6) is 0 Å². The number of carbonyl (C=O) groups excluding carboxylic acids is 1. The Labute approximate surface area is 132 Å². The molecule has 0 aliphatic carbocycles. The number of hydrogen-bond acceptors (Lipinski definition) is 4. The van der Waals surface area contributed by atoms with Gasteiger partial charge in [0.15, 0.2) is 0 Å². The lowest BCUT2D eigenvalue weighted by molar-refractivity contribution is -0.134. The maximum Gasteiger partial charge on any atom is 0.223 e. The molecule has 5 nitrogen and oxygen atoms in total. The van der Waals surface area contributed by atoms with E-state index in [0.29, 0.717) is 18.9 Å². The third-order valence-corrected chi connectivity index (χ3v) is 4.41. The van der Waals surface area contributed by atoms with Crippen LogP contribution in [-0.4, -0.2) is 40.4 Å². The van der Waals surface area contributed by atoms with Crippen molar-refractivity contribution in [2.75, 3.05) is 19.6 Å². The smallest absolute Gasteiger partial charge is 0.223 e. The van der Waals surface area contributed by atoms with Crippen molar-refractivity contribution in [3.8, 4) is 0 Å². The summed E-state index contributed by atoms with van der Waals surface area (Å²) in [5, 5.41) is 3.36. The van der Waals surface area contributed by atoms with Crippen LogP contribution in [0.2, 0.25) is 0 Å². The molecule has 0 aromatic carbocycles. The van der Waals surface area contributed by atoms with E-state index in [4.69, 9.17) is 4.98 Å². The standard InChI is InChI=1S/C17H26N4O/c1-17(2,3)8-15(22)21-7-5-14-13(11-21)10-19-16(20-14)12-4-6-18-9-12/h10,12,18H,4-9,11H2,1-3H3. The molecule has 1 aromatic rings. The fourth-order valence-corrected chi connectivity index (χ4v) is 3.18. The van der Waals surface area contributed by atoms with E-state index in [0.717, 1.165) is 49.6 Å². The molecule has 2 aliphatic heterocycles. The molecule has 5 heteroatoms. The van der Waals surface area contributed by atoms with E-state index in [1.54, 1.807) is 0 Å². The molecule has 0 radical (unpaired) electrons. The second kappa shape index (κ2) is 5.95. The number of aromatic nitrogens is 2. The number of hydrogen-bond donors (Lipinski definition) is 1. The first-order chi connectivity index (χ1) is 10.4. The molecule has 0 spiro atoms. The molecule has 120 valence electrons. The van der Waals surface area contributed by atoms with Gasteiger partial charge in [-0.1, -0.05) is 20.8 Å². The van der Waals surface area contributed by atoms with Crippen molar-refractivity contribution in [2.45, 2.75) is 52.5 Å². The van der Waals surface area contributed by atoms with Gasteiger partial charge < -0.3 is 10.2 Å². The fourth-order valence-electron chi connectivity index (χ4n) is 3.18. The zero-order chi connectivity index (χ0) is 15.7. The van der Waals surface area contributed by atoms with Gasteiger partial charge in [0.25, 0.3) is 0 Å². The minimum absolute atomic E-state index is 0.0349. The van der Waals surface area contributed by atoms with E-state index in [1.165, 1.54) is 0 Å². The van der Waals surface area contributed by atoms with E-state index >= 15 is 0 Å². The number of nitrogens with one attached hydrogen (secondary N) is 1. The Bertz CT molecular complexity index is 558. The van der Waals surface area contributed by atoms with Crippen LogP contribution >= 0.6 is 0 Å². The van der Waals surface area contributed by atoms with E-state index in [9.17, 15) is 4.79 Å². The molecule has 0 bridgehead atoms. The van der Waals surface area contributed by atoms with Gasteiger partial charge in [-0.25, -0.2) is 9.97 Å². The topological polar surface area (TPSA) is 58.1 Å². The Balaban J connectivity index is 1.70. The van der Waals surface area contributed by atoms with Crippen molar-refractivity contribution in [3.05, 3.63) is 23.3 Å². The van der Waals surface area contributed by atoms with Gasteiger partial charge in [0, 0.05) is 50.2 Å². The van der Waals surface area contributed by atoms with E-state index in [2.05, 4.69) is 31.1 Å². The predicted octanol–water partition coefficient (Wildman–Crippen LogP) is 1.87. The van der Waals surface area contributed by atoms with Crippen molar-refractivity contribution in [1.29, 1.82) is 0 Å². The monoisotopic (exact) mass is 302 g/mol. The van der Waals surface area contributed by atoms with Crippen molar-refractivity contribution >= 4 is 5.91 Å². The molecule has 1 atom stereocenters. The van der Waals surface area contributed by atoms with E-state index < -0.39 is 0 Å². The van der Waals surface area contributed by atoms with Crippen LogP contribution in [-0.2, 0) is 17.8 Å². The number of carbonyl (C=O) groups is 1. The molecule has 1 saturated heterocycles. The summed E-state index contributed by atoms with van der Waals surface area (Å²) < 4.78 is 0. The largest absolute Gasteiger partial charge is 0.338 e. The summed E-state index contributed by atoms with van der Waals surface area (Å²) in [6, 6.07) is 0. The number of fused-ring (bicyclic) bond motifs is 1. The Hall–Kier alpha value is -1.49. The Morgan fingerprint density at radius 2 is 2.27 bits per heavy atom. The van der Waals surface area contributed by atoms with Crippen molar-refractivity contribution in [1.82, 2.24) is 20.2 Å². The highest BCUT2D eigenvalue weighted by Crippen LogP contribution is 2.25. The molecule has 1 aromatic heterocycles. The second-order valence-electron chi connectivity index (χ2n) is 7.69. The predicted molar refractivity (Wildman–Crippen MR) is 85.5 cm³/mol. The summed E-state index contributed by atoms with van der Waals surface area (Å²) in [6.07, 6.45) is 4.50. The van der Waals surface area contributed by atoms with Crippen LogP contribution in [0.3, 0.4) is 0 Å². The Kier molecular flexibility index (Phi) is 4.17. The number of amides is 1. The fraction of sp³-hybridized carbons (Fsp3) is 0.706. The quantitative estimate of drug-likeness (QED) is 0.906. The molecule has 1 unspecified atom stereocenters. The SMILES string of the molecule is CC(C)(C)CC(=O)N1CCc2nc(C3CCNC3)ncc2C1. The maximum absolute atomic E-state index is 12.4. The molecular formula is C17H26N4O. The summed E-state index contributed by atoms with van der Waals surface area (Å²) in [7, 11) is 0. The van der Waals surface area contributed by atoms with Crippen LogP contribution < -0.4 is 5.32 Å². The summed E-state index contributed by atoms with van der Waals surface area (Å²) >= 11 is 0. The van der Waals surface area contributed by atoms with E-state index in [-0.39, 0.29) is 11.3 Å². The van der Waals surface area contributed by atoms with Crippen LogP contribution in [0.25, 0.3) is 0 Å². The third-order valence-electron chi connectivity index (χ3n) is 4.41. The average molecular weight is 302 g/mol. The Morgan fingerprint density at radius 1 is 1.45 bits per heavy atom. The first-order valence-corrected chi connectivity index (χ1v) is 8.25. The summed E-state index contributed by atoms with van der Waals surface area (Å²) in [4.78, 5) is 23.7. The summed E-state index contributed by atoms with van der Waals surface area (Å²) in [5.74, 6) is 1.66. The van der Waals surface area contributed by atoms with Gasteiger partial charge >= 0.3 is 0 Å². The molecule has 0 saturated carbocycles. The second-order valence-corrected chi connectivity index (χ2v) is 7.69. The molecular weight excluding hydrogens is 276 g/mol. The summed E-state index contributed by atoms with van der Waals surface area (Å²) in [5.41, 5.74) is 2.28. The summed E-state index contributed by atoms with van der Waals surface area (Å²) in [6.45, 7) is 9.79. The van der Waals surface area contributed by atoms with Crippen LogP contribution in [0.4, 0.5) is 0 Å². The van der Waals surface area contributed by atoms with Crippen molar-refractivity contribution in [3.63, 3.8) is 0 Å². The van der Waals surface area contributed by atoms with Crippen molar-refractivity contribution in [2.24, 2.45) is 5.41 Å². The first kappa shape index (κ1) is 15.4. The maximum atomic E-state index is 12.4. The molecule has 1 amide bonds. The zero-order valence-electron chi connectivity index (χ0n) is 13.9. The molecule has 1 fully saturated rings. The molecule has 22 heavy (non-hydrogen) atoms. The lowest BCUT2D eigenvalue weighted by Gasteiger charge is -2.30. The molecule has 2 aliphatic rings. The molecule has 3 rings (SSSR count). The van der Waals surface area contributed by atoms with Gasteiger partial charge in [-0.3, -0.25) is 4.79 Å². The lowest BCUT2D eigenvalue weighted by atomic mass is 9.91. The normalized spacial score (nSPS) is 21.8. The highest BCUT2D eigenvalue weighted by molar-refractivity contribution is 5.77. The van der Waals surface area contributed by atoms with Gasteiger partial charge in [0.1, 0.15) is 5.82 Å². The zero-order valence-corrected chi connectivity index (χ0v) is 13.9. The first-order valence-electron chi connectivity index (χ1n) is 8.25. The molecule has 1 N–H and O–H groups in total. The van der Waals surface area contributed by atoms with Crippen molar-refractivity contribution < 1.29 is 4.79 Å².